The largest absolute Gasteiger partial charge is 0.481 e. The van der Waals surface area contributed by atoms with Crippen LogP contribution in [0.15, 0.2) is 24.5 Å². The number of carbonyl (C=O) groups is 2. The minimum atomic E-state index is -0.820. The van der Waals surface area contributed by atoms with E-state index < -0.39 is 11.9 Å². The first-order valence-electron chi connectivity index (χ1n) is 7.51. The highest BCUT2D eigenvalue weighted by molar-refractivity contribution is 5.86. The average Bonchev–Trinajstić information content (AvgIpc) is 3.08. The van der Waals surface area contributed by atoms with Crippen LogP contribution >= 0.6 is 0 Å². The van der Waals surface area contributed by atoms with E-state index in [1.807, 2.05) is 19.1 Å². The highest BCUT2D eigenvalue weighted by atomic mass is 16.4. The molecule has 1 aromatic heterocycles. The Labute approximate surface area is 123 Å². The zero-order chi connectivity index (χ0) is 15.0. The lowest BCUT2D eigenvalue weighted by molar-refractivity contribution is -0.149. The Bertz CT molecular complexity index is 546. The predicted molar refractivity (Wildman–Crippen MR) is 76.2 cm³/mol. The maximum Gasteiger partial charge on any atom is 0.307 e. The third kappa shape index (κ3) is 2.52. The van der Waals surface area contributed by atoms with Crippen LogP contribution in [-0.2, 0) is 9.59 Å². The predicted octanol–water partition coefficient (Wildman–Crippen LogP) is 2.01. The maximum absolute atomic E-state index is 12.5. The van der Waals surface area contributed by atoms with Gasteiger partial charge in [0.25, 0.3) is 0 Å². The van der Waals surface area contributed by atoms with E-state index >= 15 is 0 Å². The minimum Gasteiger partial charge on any atom is -0.481 e. The molecule has 0 spiro atoms. The zero-order valence-electron chi connectivity index (χ0n) is 12.0. The van der Waals surface area contributed by atoms with E-state index in [-0.39, 0.29) is 29.7 Å². The monoisotopic (exact) mass is 288 g/mol. The summed E-state index contributed by atoms with van der Waals surface area (Å²) < 4.78 is 0. The van der Waals surface area contributed by atoms with Gasteiger partial charge in [0, 0.05) is 12.4 Å². The lowest BCUT2D eigenvalue weighted by Gasteiger charge is -2.28. The van der Waals surface area contributed by atoms with Crippen LogP contribution in [0.2, 0.25) is 0 Å². The summed E-state index contributed by atoms with van der Waals surface area (Å²) in [6.07, 6.45) is 6.20. The van der Waals surface area contributed by atoms with E-state index in [2.05, 4.69) is 10.3 Å². The molecule has 2 bridgehead atoms. The number of pyridine rings is 1. The van der Waals surface area contributed by atoms with Gasteiger partial charge in [-0.05, 0) is 55.7 Å². The summed E-state index contributed by atoms with van der Waals surface area (Å²) >= 11 is 0. The molecule has 2 aliphatic rings. The molecule has 3 rings (SSSR count). The standard InChI is InChI=1S/C16H20N2O3/c1-9(10-4-6-17-7-5-10)18-15(19)13-11-2-3-12(8-11)14(13)16(20)21/h4-7,9,11-14H,2-3,8H2,1H3,(H,18,19)(H,20,21)/t9-,11-,12+,13-,14+/m1/s1. The van der Waals surface area contributed by atoms with Crippen LogP contribution in [-0.4, -0.2) is 22.0 Å². The number of amides is 1. The number of carboxylic acids is 1. The summed E-state index contributed by atoms with van der Waals surface area (Å²) in [5.74, 6) is -1.39. The third-order valence-electron chi connectivity index (χ3n) is 5.07. The molecule has 112 valence electrons. The number of nitrogens with zero attached hydrogens (tertiary/aromatic N) is 1. The van der Waals surface area contributed by atoms with Crippen molar-refractivity contribution in [2.45, 2.75) is 32.2 Å². The van der Waals surface area contributed by atoms with Gasteiger partial charge in [0.15, 0.2) is 0 Å². The molecular weight excluding hydrogens is 268 g/mol. The highest BCUT2D eigenvalue weighted by Gasteiger charge is 2.54. The van der Waals surface area contributed by atoms with Crippen LogP contribution < -0.4 is 5.32 Å². The molecule has 0 unspecified atom stereocenters. The van der Waals surface area contributed by atoms with Gasteiger partial charge in [-0.3, -0.25) is 14.6 Å². The molecule has 0 saturated heterocycles. The molecular formula is C16H20N2O3. The van der Waals surface area contributed by atoms with Crippen molar-refractivity contribution in [2.24, 2.45) is 23.7 Å². The van der Waals surface area contributed by atoms with Gasteiger partial charge in [-0.2, -0.15) is 0 Å². The molecule has 21 heavy (non-hydrogen) atoms. The summed E-state index contributed by atoms with van der Waals surface area (Å²) in [4.78, 5) is 28.0. The summed E-state index contributed by atoms with van der Waals surface area (Å²) in [6.45, 7) is 1.91. The molecule has 2 saturated carbocycles. The number of carbonyl (C=O) groups excluding carboxylic acids is 1. The topological polar surface area (TPSA) is 79.3 Å². The molecule has 5 atom stereocenters. The van der Waals surface area contributed by atoms with Gasteiger partial charge >= 0.3 is 5.97 Å². The molecule has 5 heteroatoms. The van der Waals surface area contributed by atoms with Crippen molar-refractivity contribution in [1.82, 2.24) is 10.3 Å². The van der Waals surface area contributed by atoms with Gasteiger partial charge in [-0.15, -0.1) is 0 Å². The number of rotatable bonds is 4. The summed E-state index contributed by atoms with van der Waals surface area (Å²) in [5.41, 5.74) is 0.980. The Hall–Kier alpha value is -1.91. The van der Waals surface area contributed by atoms with E-state index in [0.29, 0.717) is 0 Å². The minimum absolute atomic E-state index is 0.112. The number of fused-ring (bicyclic) bond motifs is 2. The molecule has 2 fully saturated rings. The quantitative estimate of drug-likeness (QED) is 0.888. The van der Waals surface area contributed by atoms with Gasteiger partial charge in [0.1, 0.15) is 0 Å². The fourth-order valence-corrected chi connectivity index (χ4v) is 4.07. The Morgan fingerprint density at radius 2 is 1.86 bits per heavy atom. The van der Waals surface area contributed by atoms with E-state index in [1.165, 1.54) is 0 Å². The van der Waals surface area contributed by atoms with Crippen LogP contribution in [0.1, 0.15) is 37.8 Å². The summed E-state index contributed by atoms with van der Waals surface area (Å²) in [7, 11) is 0. The van der Waals surface area contributed by atoms with Crippen LogP contribution in [0.25, 0.3) is 0 Å². The van der Waals surface area contributed by atoms with Crippen LogP contribution in [0.4, 0.5) is 0 Å². The lowest BCUT2D eigenvalue weighted by Crippen LogP contribution is -2.42. The highest BCUT2D eigenvalue weighted by Crippen LogP contribution is 2.52. The first-order valence-corrected chi connectivity index (χ1v) is 7.51. The lowest BCUT2D eigenvalue weighted by atomic mass is 9.78. The molecule has 2 N–H and O–H groups in total. The number of aromatic nitrogens is 1. The molecule has 1 heterocycles. The number of nitrogens with one attached hydrogen (secondary N) is 1. The van der Waals surface area contributed by atoms with Crippen molar-refractivity contribution in [1.29, 1.82) is 0 Å². The second-order valence-electron chi connectivity index (χ2n) is 6.23. The average molecular weight is 288 g/mol. The second kappa shape index (κ2) is 5.47. The molecule has 0 radical (unpaired) electrons. The Morgan fingerprint density at radius 3 is 2.48 bits per heavy atom. The van der Waals surface area contributed by atoms with Crippen molar-refractivity contribution in [3.63, 3.8) is 0 Å². The van der Waals surface area contributed by atoms with Gasteiger partial charge < -0.3 is 10.4 Å². The number of carboxylic acid groups (broad SMARTS) is 1. The molecule has 2 aliphatic carbocycles. The van der Waals surface area contributed by atoms with E-state index in [9.17, 15) is 14.7 Å². The van der Waals surface area contributed by atoms with E-state index in [0.717, 1.165) is 24.8 Å². The smallest absolute Gasteiger partial charge is 0.307 e. The Morgan fingerprint density at radius 1 is 1.24 bits per heavy atom. The summed E-state index contributed by atoms with van der Waals surface area (Å²) in [5, 5.41) is 12.4. The SMILES string of the molecule is C[C@@H](NC(=O)[C@@H]1[C@@H]2CC[C@@H](C2)[C@@H]1C(=O)O)c1ccncc1. The van der Waals surface area contributed by atoms with Gasteiger partial charge in [0.05, 0.1) is 17.9 Å². The van der Waals surface area contributed by atoms with Crippen molar-refractivity contribution < 1.29 is 14.7 Å². The molecule has 5 nitrogen and oxygen atoms in total. The molecule has 0 aromatic carbocycles. The first kappa shape index (κ1) is 14.0. The molecule has 0 aliphatic heterocycles. The van der Waals surface area contributed by atoms with Crippen molar-refractivity contribution in [2.75, 3.05) is 0 Å². The van der Waals surface area contributed by atoms with E-state index in [4.69, 9.17) is 0 Å². The number of hydrogen-bond acceptors (Lipinski definition) is 3. The van der Waals surface area contributed by atoms with Gasteiger partial charge in [-0.1, -0.05) is 0 Å². The van der Waals surface area contributed by atoms with Crippen LogP contribution in [0.5, 0.6) is 0 Å². The molecule has 1 amide bonds. The first-order chi connectivity index (χ1) is 10.1. The van der Waals surface area contributed by atoms with Gasteiger partial charge in [-0.25, -0.2) is 0 Å². The fourth-order valence-electron chi connectivity index (χ4n) is 4.07. The summed E-state index contributed by atoms with van der Waals surface area (Å²) in [6, 6.07) is 3.59. The fraction of sp³-hybridized carbons (Fsp3) is 0.562. The van der Waals surface area contributed by atoms with Crippen molar-refractivity contribution in [3.8, 4) is 0 Å². The van der Waals surface area contributed by atoms with Crippen molar-refractivity contribution in [3.05, 3.63) is 30.1 Å². The van der Waals surface area contributed by atoms with Gasteiger partial charge in [0.2, 0.25) is 5.91 Å². The zero-order valence-corrected chi connectivity index (χ0v) is 12.0. The Balaban J connectivity index is 1.72. The second-order valence-corrected chi connectivity index (χ2v) is 6.23. The normalized spacial score (nSPS) is 31.9. The van der Waals surface area contributed by atoms with Crippen molar-refractivity contribution >= 4 is 11.9 Å². The third-order valence-corrected chi connectivity index (χ3v) is 5.07. The van der Waals surface area contributed by atoms with E-state index in [1.54, 1.807) is 12.4 Å². The van der Waals surface area contributed by atoms with Crippen LogP contribution in [0.3, 0.4) is 0 Å². The number of aliphatic carboxylic acids is 1. The molecule has 1 aromatic rings. The van der Waals surface area contributed by atoms with Crippen LogP contribution in [0, 0.1) is 23.7 Å². The number of hydrogen-bond donors (Lipinski definition) is 2. The Kier molecular flexibility index (Phi) is 3.66. The maximum atomic E-state index is 12.5.